The molecule has 18 heavy (non-hydrogen) atoms. The van der Waals surface area contributed by atoms with E-state index >= 15 is 0 Å². The number of nitrogens with zero attached hydrogens (tertiary/aromatic N) is 1. The van der Waals surface area contributed by atoms with Gasteiger partial charge in [0.2, 0.25) is 0 Å². The van der Waals surface area contributed by atoms with Crippen LogP contribution < -0.4 is 0 Å². The van der Waals surface area contributed by atoms with Crippen LogP contribution in [0.4, 0.5) is 0 Å². The van der Waals surface area contributed by atoms with Gasteiger partial charge in [-0.05, 0) is 30.5 Å². The van der Waals surface area contributed by atoms with Gasteiger partial charge in [-0.15, -0.1) is 0 Å². The number of fused-ring (bicyclic) bond motifs is 1. The molecule has 4 heteroatoms. The summed E-state index contributed by atoms with van der Waals surface area (Å²) >= 11 is 0. The van der Waals surface area contributed by atoms with Gasteiger partial charge in [-0.3, -0.25) is 0 Å². The number of benzene rings is 1. The fourth-order valence-electron chi connectivity index (χ4n) is 2.35. The van der Waals surface area contributed by atoms with Crippen LogP contribution in [0.15, 0.2) is 18.2 Å². The highest BCUT2D eigenvalue weighted by atomic mass is 16.4. The molecule has 2 N–H and O–H groups in total. The maximum atomic E-state index is 11.4. The SMILES string of the molecule is CC(C)Cc1c(C(=O)O)c2cc(O)ccc2n1C. The molecule has 0 aliphatic rings. The Balaban J connectivity index is 2.79. The van der Waals surface area contributed by atoms with E-state index in [1.807, 2.05) is 11.6 Å². The monoisotopic (exact) mass is 247 g/mol. The van der Waals surface area contributed by atoms with E-state index < -0.39 is 5.97 Å². The number of carboxylic acids is 1. The number of carbonyl (C=O) groups is 1. The number of hydrogen-bond donors (Lipinski definition) is 2. The van der Waals surface area contributed by atoms with Crippen molar-refractivity contribution in [3.05, 3.63) is 29.5 Å². The van der Waals surface area contributed by atoms with Crippen LogP contribution in [-0.4, -0.2) is 20.7 Å². The topological polar surface area (TPSA) is 62.5 Å². The van der Waals surface area contributed by atoms with E-state index in [0.29, 0.717) is 23.3 Å². The Morgan fingerprint density at radius 1 is 1.39 bits per heavy atom. The van der Waals surface area contributed by atoms with Gasteiger partial charge in [0.1, 0.15) is 5.75 Å². The lowest BCUT2D eigenvalue weighted by Crippen LogP contribution is -2.07. The summed E-state index contributed by atoms with van der Waals surface area (Å²) in [6.07, 6.45) is 0.702. The van der Waals surface area contributed by atoms with E-state index in [0.717, 1.165) is 11.2 Å². The Morgan fingerprint density at radius 3 is 2.61 bits per heavy atom. The highest BCUT2D eigenvalue weighted by Gasteiger charge is 2.21. The fourth-order valence-corrected chi connectivity index (χ4v) is 2.35. The molecule has 0 radical (unpaired) electrons. The first-order valence-electron chi connectivity index (χ1n) is 5.95. The van der Waals surface area contributed by atoms with Crippen molar-refractivity contribution in [2.45, 2.75) is 20.3 Å². The van der Waals surface area contributed by atoms with Crippen molar-refractivity contribution in [3.8, 4) is 5.75 Å². The number of aryl methyl sites for hydroxylation is 1. The van der Waals surface area contributed by atoms with Crippen molar-refractivity contribution in [1.82, 2.24) is 4.57 Å². The fraction of sp³-hybridized carbons (Fsp3) is 0.357. The smallest absolute Gasteiger partial charge is 0.338 e. The zero-order valence-electron chi connectivity index (χ0n) is 10.8. The van der Waals surface area contributed by atoms with Crippen molar-refractivity contribution < 1.29 is 15.0 Å². The van der Waals surface area contributed by atoms with Crippen LogP contribution in [0.25, 0.3) is 10.9 Å². The summed E-state index contributed by atoms with van der Waals surface area (Å²) in [5.74, 6) is -0.478. The largest absolute Gasteiger partial charge is 0.508 e. The molecule has 0 saturated carbocycles. The summed E-state index contributed by atoms with van der Waals surface area (Å²) in [6.45, 7) is 4.11. The maximum Gasteiger partial charge on any atom is 0.338 e. The van der Waals surface area contributed by atoms with Gasteiger partial charge < -0.3 is 14.8 Å². The first-order chi connectivity index (χ1) is 8.41. The lowest BCUT2D eigenvalue weighted by Gasteiger charge is -2.08. The highest BCUT2D eigenvalue weighted by molar-refractivity contribution is 6.05. The van der Waals surface area contributed by atoms with Crippen molar-refractivity contribution in [2.75, 3.05) is 0 Å². The van der Waals surface area contributed by atoms with Gasteiger partial charge in [-0.1, -0.05) is 13.8 Å². The zero-order valence-corrected chi connectivity index (χ0v) is 10.8. The molecule has 0 aliphatic heterocycles. The van der Waals surface area contributed by atoms with Crippen LogP contribution in [0.3, 0.4) is 0 Å². The molecule has 0 fully saturated rings. The molecular weight excluding hydrogens is 230 g/mol. The molecule has 2 aromatic rings. The van der Waals surface area contributed by atoms with E-state index in [2.05, 4.69) is 13.8 Å². The molecule has 0 saturated heterocycles. The number of phenolic OH excluding ortho intramolecular Hbond substituents is 1. The van der Waals surface area contributed by atoms with Crippen molar-refractivity contribution >= 4 is 16.9 Å². The van der Waals surface area contributed by atoms with Crippen molar-refractivity contribution in [1.29, 1.82) is 0 Å². The first-order valence-corrected chi connectivity index (χ1v) is 5.95. The van der Waals surface area contributed by atoms with Crippen molar-refractivity contribution in [3.63, 3.8) is 0 Å². The van der Waals surface area contributed by atoms with Gasteiger partial charge in [0.05, 0.1) is 5.56 Å². The molecule has 0 bridgehead atoms. The summed E-state index contributed by atoms with van der Waals surface area (Å²) in [7, 11) is 1.86. The summed E-state index contributed by atoms with van der Waals surface area (Å²) in [6, 6.07) is 4.84. The number of rotatable bonds is 3. The summed E-state index contributed by atoms with van der Waals surface area (Å²) in [5, 5.41) is 19.5. The molecule has 0 spiro atoms. The summed E-state index contributed by atoms with van der Waals surface area (Å²) in [4.78, 5) is 11.4. The Morgan fingerprint density at radius 2 is 2.06 bits per heavy atom. The number of aromatic nitrogens is 1. The van der Waals surface area contributed by atoms with E-state index in [1.165, 1.54) is 6.07 Å². The first kappa shape index (κ1) is 12.5. The molecule has 1 heterocycles. The third-order valence-electron chi connectivity index (χ3n) is 3.12. The third kappa shape index (κ3) is 1.94. The standard InChI is InChI=1S/C14H17NO3/c1-8(2)6-12-13(14(17)18)10-7-9(16)4-5-11(10)15(12)3/h4-5,7-8,16H,6H2,1-3H3,(H,17,18). The Labute approximate surface area is 105 Å². The molecule has 0 atom stereocenters. The van der Waals surface area contributed by atoms with Gasteiger partial charge in [-0.2, -0.15) is 0 Å². The average molecular weight is 247 g/mol. The molecular formula is C14H17NO3. The van der Waals surface area contributed by atoms with E-state index in [-0.39, 0.29) is 5.75 Å². The predicted molar refractivity (Wildman–Crippen MR) is 70.1 cm³/mol. The van der Waals surface area contributed by atoms with Gasteiger partial charge in [0.15, 0.2) is 0 Å². The minimum Gasteiger partial charge on any atom is -0.508 e. The van der Waals surface area contributed by atoms with Crippen LogP contribution in [0, 0.1) is 5.92 Å². The van der Waals surface area contributed by atoms with Crippen LogP contribution in [0.5, 0.6) is 5.75 Å². The van der Waals surface area contributed by atoms with Gasteiger partial charge >= 0.3 is 5.97 Å². The summed E-state index contributed by atoms with van der Waals surface area (Å²) in [5.41, 5.74) is 1.94. The number of aromatic carboxylic acids is 1. The number of aromatic hydroxyl groups is 1. The average Bonchev–Trinajstić information content (AvgIpc) is 2.51. The molecule has 0 unspecified atom stereocenters. The second-order valence-electron chi connectivity index (χ2n) is 4.99. The molecule has 0 amide bonds. The molecule has 96 valence electrons. The molecule has 1 aromatic carbocycles. The van der Waals surface area contributed by atoms with Crippen molar-refractivity contribution in [2.24, 2.45) is 13.0 Å². The second-order valence-corrected chi connectivity index (χ2v) is 4.99. The third-order valence-corrected chi connectivity index (χ3v) is 3.12. The minimum absolute atomic E-state index is 0.0895. The van der Waals surface area contributed by atoms with Gasteiger partial charge in [0, 0.05) is 23.6 Å². The van der Waals surface area contributed by atoms with Crippen LogP contribution in [0.2, 0.25) is 0 Å². The number of carboxylic acid groups (broad SMARTS) is 1. The van der Waals surface area contributed by atoms with E-state index in [1.54, 1.807) is 12.1 Å². The Bertz CT molecular complexity index is 611. The molecule has 2 rings (SSSR count). The molecule has 1 aromatic heterocycles. The lowest BCUT2D eigenvalue weighted by molar-refractivity contribution is 0.0697. The maximum absolute atomic E-state index is 11.4. The zero-order chi connectivity index (χ0) is 13.4. The normalized spacial score (nSPS) is 11.3. The highest BCUT2D eigenvalue weighted by Crippen LogP contribution is 2.29. The molecule has 4 nitrogen and oxygen atoms in total. The second kappa shape index (κ2) is 4.37. The molecule has 0 aliphatic carbocycles. The Hall–Kier alpha value is -1.97. The minimum atomic E-state index is -0.943. The van der Waals surface area contributed by atoms with E-state index in [9.17, 15) is 15.0 Å². The van der Waals surface area contributed by atoms with Crippen LogP contribution >= 0.6 is 0 Å². The number of phenols is 1. The quantitative estimate of drug-likeness (QED) is 0.876. The van der Waals surface area contributed by atoms with Gasteiger partial charge in [-0.25, -0.2) is 4.79 Å². The lowest BCUT2D eigenvalue weighted by atomic mass is 10.0. The van der Waals surface area contributed by atoms with Gasteiger partial charge in [0.25, 0.3) is 0 Å². The van der Waals surface area contributed by atoms with Crippen LogP contribution in [0.1, 0.15) is 29.9 Å². The summed E-state index contributed by atoms with van der Waals surface area (Å²) < 4.78 is 1.90. The Kier molecular flexibility index (Phi) is 3.03. The number of hydrogen-bond acceptors (Lipinski definition) is 2. The predicted octanol–water partition coefficient (Wildman–Crippen LogP) is 2.78. The van der Waals surface area contributed by atoms with Crippen LogP contribution in [-0.2, 0) is 13.5 Å². The van der Waals surface area contributed by atoms with E-state index in [4.69, 9.17) is 0 Å².